The second kappa shape index (κ2) is 8.46. The van der Waals surface area contributed by atoms with Crippen molar-refractivity contribution in [2.24, 2.45) is 0 Å². The fourth-order valence-electron chi connectivity index (χ4n) is 2.85. The average Bonchev–Trinajstić information content (AvgIpc) is 2.58. The maximum absolute atomic E-state index is 12.8. The molecule has 1 fully saturated rings. The summed E-state index contributed by atoms with van der Waals surface area (Å²) in [6.07, 6.45) is -4.32. The van der Waals surface area contributed by atoms with E-state index in [0.29, 0.717) is 32.7 Å². The number of sulfonamides is 1. The predicted molar refractivity (Wildman–Crippen MR) is 97.2 cm³/mol. The van der Waals surface area contributed by atoms with E-state index in [0.717, 1.165) is 5.56 Å². The standard InChI is InChI=1S/C18H27F3N2O3S/c1-17(2,3)15-4-6-16(7-5-15)27(24,25)23-10-8-22(9-11-23)12-13-26-14-18(19,20)21/h4-7H,8-14H2,1-3H3. The van der Waals surface area contributed by atoms with Crippen LogP contribution in [0.25, 0.3) is 0 Å². The van der Waals surface area contributed by atoms with Crippen LogP contribution >= 0.6 is 0 Å². The molecule has 0 spiro atoms. The smallest absolute Gasteiger partial charge is 0.371 e. The lowest BCUT2D eigenvalue weighted by Crippen LogP contribution is -2.49. The average molecular weight is 408 g/mol. The van der Waals surface area contributed by atoms with Crippen molar-refractivity contribution in [3.05, 3.63) is 29.8 Å². The number of piperazine rings is 1. The van der Waals surface area contributed by atoms with Gasteiger partial charge in [-0.3, -0.25) is 4.90 Å². The van der Waals surface area contributed by atoms with Gasteiger partial charge in [0, 0.05) is 32.7 Å². The predicted octanol–water partition coefficient (Wildman–Crippen LogP) is 2.87. The molecule has 27 heavy (non-hydrogen) atoms. The maximum Gasteiger partial charge on any atom is 0.411 e. The summed E-state index contributed by atoms with van der Waals surface area (Å²) in [5.41, 5.74) is 1.01. The highest BCUT2D eigenvalue weighted by atomic mass is 32.2. The third kappa shape index (κ3) is 6.44. The molecule has 0 radical (unpaired) electrons. The lowest BCUT2D eigenvalue weighted by atomic mass is 9.87. The Labute approximate surface area is 159 Å². The van der Waals surface area contributed by atoms with E-state index < -0.39 is 22.8 Å². The maximum atomic E-state index is 12.8. The van der Waals surface area contributed by atoms with Gasteiger partial charge in [0.05, 0.1) is 11.5 Å². The quantitative estimate of drug-likeness (QED) is 0.680. The number of hydrogen-bond donors (Lipinski definition) is 0. The first-order chi connectivity index (χ1) is 12.4. The molecular formula is C18H27F3N2O3S. The Balaban J connectivity index is 1.87. The number of halogens is 3. The molecule has 1 aromatic carbocycles. The third-order valence-corrected chi connectivity index (χ3v) is 6.42. The highest BCUT2D eigenvalue weighted by Gasteiger charge is 2.30. The van der Waals surface area contributed by atoms with E-state index in [2.05, 4.69) is 25.5 Å². The van der Waals surface area contributed by atoms with E-state index in [1.807, 2.05) is 17.0 Å². The van der Waals surface area contributed by atoms with Gasteiger partial charge in [0.1, 0.15) is 6.61 Å². The molecule has 0 N–H and O–H groups in total. The number of hydrogen-bond acceptors (Lipinski definition) is 4. The van der Waals surface area contributed by atoms with Crippen LogP contribution in [0.2, 0.25) is 0 Å². The molecule has 2 rings (SSSR count). The number of nitrogens with zero attached hydrogens (tertiary/aromatic N) is 2. The third-order valence-electron chi connectivity index (χ3n) is 4.51. The van der Waals surface area contributed by atoms with Gasteiger partial charge >= 0.3 is 6.18 Å². The first kappa shape index (κ1) is 22.1. The number of alkyl halides is 3. The first-order valence-electron chi connectivity index (χ1n) is 8.87. The van der Waals surface area contributed by atoms with Gasteiger partial charge in [-0.25, -0.2) is 8.42 Å². The van der Waals surface area contributed by atoms with Gasteiger partial charge < -0.3 is 4.74 Å². The zero-order valence-corrected chi connectivity index (χ0v) is 16.7. The molecular weight excluding hydrogens is 381 g/mol. The summed E-state index contributed by atoms with van der Waals surface area (Å²) in [6.45, 7) is 6.81. The minimum absolute atomic E-state index is 0.0273. The Hall–Kier alpha value is -1.16. The molecule has 154 valence electrons. The van der Waals surface area contributed by atoms with Gasteiger partial charge in [-0.2, -0.15) is 17.5 Å². The van der Waals surface area contributed by atoms with E-state index in [9.17, 15) is 21.6 Å². The highest BCUT2D eigenvalue weighted by Crippen LogP contribution is 2.25. The Morgan fingerprint density at radius 2 is 1.56 bits per heavy atom. The molecule has 9 heteroatoms. The number of ether oxygens (including phenoxy) is 1. The summed E-state index contributed by atoms with van der Waals surface area (Å²) in [4.78, 5) is 2.17. The summed E-state index contributed by atoms with van der Waals surface area (Å²) in [5.74, 6) is 0. The molecule has 0 aromatic heterocycles. The molecule has 1 aliphatic rings. The molecule has 1 heterocycles. The molecule has 0 bridgehead atoms. The van der Waals surface area contributed by atoms with Crippen LogP contribution in [0.1, 0.15) is 26.3 Å². The SMILES string of the molecule is CC(C)(C)c1ccc(S(=O)(=O)N2CCN(CCOCC(F)(F)F)CC2)cc1. The lowest BCUT2D eigenvalue weighted by Gasteiger charge is -2.34. The van der Waals surface area contributed by atoms with Crippen LogP contribution < -0.4 is 0 Å². The fourth-order valence-corrected chi connectivity index (χ4v) is 4.27. The molecule has 0 unspecified atom stereocenters. The highest BCUT2D eigenvalue weighted by molar-refractivity contribution is 7.89. The topological polar surface area (TPSA) is 49.9 Å². The van der Waals surface area contributed by atoms with Gasteiger partial charge in [0.25, 0.3) is 0 Å². The van der Waals surface area contributed by atoms with Crippen LogP contribution in [-0.4, -0.2) is 69.7 Å². The number of benzene rings is 1. The van der Waals surface area contributed by atoms with Crippen LogP contribution in [0.15, 0.2) is 29.2 Å². The summed E-state index contributed by atoms with van der Waals surface area (Å²) in [6, 6.07) is 6.93. The Morgan fingerprint density at radius 3 is 2.04 bits per heavy atom. The summed E-state index contributed by atoms with van der Waals surface area (Å²) >= 11 is 0. The zero-order valence-electron chi connectivity index (χ0n) is 15.9. The minimum atomic E-state index is -4.32. The Morgan fingerprint density at radius 1 is 1.00 bits per heavy atom. The molecule has 1 aliphatic heterocycles. The van der Waals surface area contributed by atoms with Crippen molar-refractivity contribution in [1.82, 2.24) is 9.21 Å². The lowest BCUT2D eigenvalue weighted by molar-refractivity contribution is -0.174. The van der Waals surface area contributed by atoms with Gasteiger partial charge in [0.15, 0.2) is 0 Å². The van der Waals surface area contributed by atoms with E-state index in [1.165, 1.54) is 4.31 Å². The van der Waals surface area contributed by atoms with Crippen molar-refractivity contribution >= 4 is 10.0 Å². The van der Waals surface area contributed by atoms with Crippen LogP contribution in [0.5, 0.6) is 0 Å². The fraction of sp³-hybridized carbons (Fsp3) is 0.667. The zero-order chi connectivity index (χ0) is 20.3. The van der Waals surface area contributed by atoms with E-state index >= 15 is 0 Å². The molecule has 0 atom stereocenters. The van der Waals surface area contributed by atoms with E-state index in [-0.39, 0.29) is 16.9 Å². The molecule has 0 aliphatic carbocycles. The molecule has 0 amide bonds. The minimum Gasteiger partial charge on any atom is -0.371 e. The Kier molecular flexibility index (Phi) is 6.94. The van der Waals surface area contributed by atoms with Crippen molar-refractivity contribution in [3.8, 4) is 0 Å². The van der Waals surface area contributed by atoms with Crippen molar-refractivity contribution in [3.63, 3.8) is 0 Å². The van der Waals surface area contributed by atoms with Crippen LogP contribution in [-0.2, 0) is 20.2 Å². The molecule has 0 saturated carbocycles. The van der Waals surface area contributed by atoms with Gasteiger partial charge in [-0.15, -0.1) is 0 Å². The van der Waals surface area contributed by atoms with Gasteiger partial charge in [-0.05, 0) is 23.1 Å². The van der Waals surface area contributed by atoms with Crippen molar-refractivity contribution < 1.29 is 26.3 Å². The summed E-state index contributed by atoms with van der Waals surface area (Å²) in [5, 5.41) is 0. The van der Waals surface area contributed by atoms with Crippen LogP contribution in [0, 0.1) is 0 Å². The Bertz CT molecular complexity index is 705. The normalized spacial score (nSPS) is 18.0. The van der Waals surface area contributed by atoms with E-state index in [1.54, 1.807) is 12.1 Å². The van der Waals surface area contributed by atoms with Gasteiger partial charge in [-0.1, -0.05) is 32.9 Å². The van der Waals surface area contributed by atoms with Crippen molar-refractivity contribution in [1.29, 1.82) is 0 Å². The van der Waals surface area contributed by atoms with Crippen molar-refractivity contribution in [2.45, 2.75) is 37.3 Å². The number of rotatable bonds is 6. The van der Waals surface area contributed by atoms with Crippen molar-refractivity contribution in [2.75, 3.05) is 45.9 Å². The summed E-state index contributed by atoms with van der Waals surface area (Å²) in [7, 11) is -3.57. The van der Waals surface area contributed by atoms with Gasteiger partial charge in [0.2, 0.25) is 10.0 Å². The second-order valence-corrected chi connectivity index (χ2v) is 9.63. The van der Waals surface area contributed by atoms with E-state index in [4.69, 9.17) is 0 Å². The first-order valence-corrected chi connectivity index (χ1v) is 10.3. The molecule has 5 nitrogen and oxygen atoms in total. The molecule has 1 aromatic rings. The summed E-state index contributed by atoms with van der Waals surface area (Å²) < 4.78 is 67.7. The van der Waals surface area contributed by atoms with Crippen LogP contribution in [0.3, 0.4) is 0 Å². The molecule has 1 saturated heterocycles. The second-order valence-electron chi connectivity index (χ2n) is 7.69. The van der Waals surface area contributed by atoms with Crippen LogP contribution in [0.4, 0.5) is 13.2 Å². The monoisotopic (exact) mass is 408 g/mol. The largest absolute Gasteiger partial charge is 0.411 e.